The molecule has 2 amide bonds. The van der Waals surface area contributed by atoms with Crippen molar-refractivity contribution in [1.82, 2.24) is 9.80 Å². The molecular formula is C22H32N2O3. The molecule has 3 rings (SSSR count). The van der Waals surface area contributed by atoms with Gasteiger partial charge < -0.3 is 14.5 Å². The number of para-hydroxylation sites is 1. The lowest BCUT2D eigenvalue weighted by atomic mass is 9.93. The largest absolute Gasteiger partial charge is 0.492 e. The molecule has 1 aromatic carbocycles. The summed E-state index contributed by atoms with van der Waals surface area (Å²) in [5.74, 6) is 1.12. The molecule has 5 nitrogen and oxygen atoms in total. The van der Waals surface area contributed by atoms with E-state index in [4.69, 9.17) is 4.74 Å². The molecule has 1 saturated heterocycles. The Morgan fingerprint density at radius 2 is 1.81 bits per heavy atom. The van der Waals surface area contributed by atoms with Crippen LogP contribution in [0.4, 0.5) is 0 Å². The van der Waals surface area contributed by atoms with Crippen LogP contribution in [-0.2, 0) is 9.59 Å². The number of nitrogens with zero attached hydrogens (tertiary/aromatic N) is 2. The molecule has 2 aliphatic rings. The molecular weight excluding hydrogens is 340 g/mol. The standard InChI is InChI=1S/C22H32N2O3/c1-23(15-16-27-20-11-7-4-8-12-20)22(26)18-13-14-21(25)24(17-18)19-9-5-2-3-6-10-19/h4,7-8,11-12,18-19H,2-3,5-6,9-10,13-17H2,1H3. The minimum atomic E-state index is -0.0762. The first-order valence-corrected chi connectivity index (χ1v) is 10.4. The number of likely N-dealkylation sites (tertiary alicyclic amines) is 1. The zero-order valence-corrected chi connectivity index (χ0v) is 16.4. The van der Waals surface area contributed by atoms with Gasteiger partial charge in [0.15, 0.2) is 0 Å². The molecule has 2 fully saturated rings. The van der Waals surface area contributed by atoms with Crippen molar-refractivity contribution in [1.29, 1.82) is 0 Å². The van der Waals surface area contributed by atoms with Gasteiger partial charge in [0, 0.05) is 26.1 Å². The third-order valence-corrected chi connectivity index (χ3v) is 5.87. The average Bonchev–Trinajstić information content (AvgIpc) is 2.98. The number of ether oxygens (including phenoxy) is 1. The second-order valence-electron chi connectivity index (χ2n) is 7.85. The Bertz CT molecular complexity index is 611. The molecule has 27 heavy (non-hydrogen) atoms. The topological polar surface area (TPSA) is 49.9 Å². The molecule has 0 aromatic heterocycles. The van der Waals surface area contributed by atoms with E-state index in [1.807, 2.05) is 42.3 Å². The Balaban J connectivity index is 1.50. The van der Waals surface area contributed by atoms with Gasteiger partial charge in [-0.1, -0.05) is 43.9 Å². The fraction of sp³-hybridized carbons (Fsp3) is 0.636. The van der Waals surface area contributed by atoms with E-state index in [1.165, 1.54) is 25.7 Å². The van der Waals surface area contributed by atoms with Crippen molar-refractivity contribution in [3.05, 3.63) is 30.3 Å². The van der Waals surface area contributed by atoms with Gasteiger partial charge in [-0.05, 0) is 31.4 Å². The van der Waals surface area contributed by atoms with Crippen LogP contribution < -0.4 is 4.74 Å². The van der Waals surface area contributed by atoms with Crippen molar-refractivity contribution < 1.29 is 14.3 Å². The van der Waals surface area contributed by atoms with Gasteiger partial charge in [-0.15, -0.1) is 0 Å². The van der Waals surface area contributed by atoms with Crippen molar-refractivity contribution >= 4 is 11.8 Å². The maximum Gasteiger partial charge on any atom is 0.227 e. The van der Waals surface area contributed by atoms with Crippen LogP contribution in [0.5, 0.6) is 5.75 Å². The lowest BCUT2D eigenvalue weighted by Gasteiger charge is -2.38. The van der Waals surface area contributed by atoms with Crippen LogP contribution in [0.25, 0.3) is 0 Å². The van der Waals surface area contributed by atoms with Crippen LogP contribution in [0.3, 0.4) is 0 Å². The van der Waals surface area contributed by atoms with E-state index >= 15 is 0 Å². The Hall–Kier alpha value is -2.04. The smallest absolute Gasteiger partial charge is 0.227 e. The molecule has 0 bridgehead atoms. The van der Waals surface area contributed by atoms with E-state index in [1.54, 1.807) is 4.90 Å². The predicted octanol–water partition coefficient (Wildman–Crippen LogP) is 3.49. The molecule has 0 radical (unpaired) electrons. The Kier molecular flexibility index (Phi) is 7.13. The van der Waals surface area contributed by atoms with Gasteiger partial charge in [0.2, 0.25) is 11.8 Å². The van der Waals surface area contributed by atoms with Gasteiger partial charge >= 0.3 is 0 Å². The van der Waals surface area contributed by atoms with Gasteiger partial charge in [0.1, 0.15) is 12.4 Å². The molecule has 1 aromatic rings. The summed E-state index contributed by atoms with van der Waals surface area (Å²) < 4.78 is 5.70. The molecule has 1 heterocycles. The molecule has 1 unspecified atom stereocenters. The van der Waals surface area contributed by atoms with Crippen LogP contribution in [0.2, 0.25) is 0 Å². The summed E-state index contributed by atoms with van der Waals surface area (Å²) >= 11 is 0. The van der Waals surface area contributed by atoms with Gasteiger partial charge in [-0.2, -0.15) is 0 Å². The summed E-state index contributed by atoms with van der Waals surface area (Å²) in [6.45, 7) is 1.62. The van der Waals surface area contributed by atoms with E-state index in [-0.39, 0.29) is 17.7 Å². The highest BCUT2D eigenvalue weighted by atomic mass is 16.5. The van der Waals surface area contributed by atoms with Crippen molar-refractivity contribution in [2.75, 3.05) is 26.7 Å². The zero-order valence-electron chi connectivity index (χ0n) is 16.4. The van der Waals surface area contributed by atoms with E-state index in [0.29, 0.717) is 38.6 Å². The predicted molar refractivity (Wildman–Crippen MR) is 106 cm³/mol. The van der Waals surface area contributed by atoms with Crippen LogP contribution in [-0.4, -0.2) is 54.4 Å². The number of amides is 2. The Labute approximate surface area is 162 Å². The summed E-state index contributed by atoms with van der Waals surface area (Å²) in [6, 6.07) is 9.99. The minimum Gasteiger partial charge on any atom is -0.492 e. The number of rotatable bonds is 6. The van der Waals surface area contributed by atoms with Gasteiger partial charge in [-0.3, -0.25) is 9.59 Å². The number of carbonyl (C=O) groups excluding carboxylic acids is 2. The molecule has 1 aliphatic carbocycles. The lowest BCUT2D eigenvalue weighted by molar-refractivity contribution is -0.144. The Morgan fingerprint density at radius 3 is 2.52 bits per heavy atom. The van der Waals surface area contributed by atoms with E-state index < -0.39 is 0 Å². The fourth-order valence-electron chi connectivity index (χ4n) is 4.23. The lowest BCUT2D eigenvalue weighted by Crippen LogP contribution is -2.50. The van der Waals surface area contributed by atoms with Crippen LogP contribution in [0, 0.1) is 5.92 Å². The number of carbonyl (C=O) groups is 2. The van der Waals surface area contributed by atoms with Gasteiger partial charge in [-0.25, -0.2) is 0 Å². The minimum absolute atomic E-state index is 0.0762. The molecule has 148 valence electrons. The highest BCUT2D eigenvalue weighted by Gasteiger charge is 2.35. The molecule has 0 spiro atoms. The molecule has 1 atom stereocenters. The maximum absolute atomic E-state index is 12.9. The second kappa shape index (κ2) is 9.77. The highest BCUT2D eigenvalue weighted by molar-refractivity contribution is 5.84. The van der Waals surface area contributed by atoms with Crippen molar-refractivity contribution in [2.24, 2.45) is 5.92 Å². The van der Waals surface area contributed by atoms with Crippen LogP contribution >= 0.6 is 0 Å². The number of piperidine rings is 1. The number of likely N-dealkylation sites (N-methyl/N-ethyl adjacent to an activating group) is 1. The van der Waals surface area contributed by atoms with Crippen molar-refractivity contribution in [3.8, 4) is 5.75 Å². The molecule has 0 N–H and O–H groups in total. The first-order valence-electron chi connectivity index (χ1n) is 10.4. The Morgan fingerprint density at radius 1 is 1.11 bits per heavy atom. The van der Waals surface area contributed by atoms with E-state index in [2.05, 4.69) is 0 Å². The van der Waals surface area contributed by atoms with Gasteiger partial charge in [0.05, 0.1) is 12.5 Å². The quantitative estimate of drug-likeness (QED) is 0.718. The third-order valence-electron chi connectivity index (χ3n) is 5.87. The summed E-state index contributed by atoms with van der Waals surface area (Å²) in [7, 11) is 1.84. The van der Waals surface area contributed by atoms with Crippen LogP contribution in [0.15, 0.2) is 30.3 Å². The maximum atomic E-state index is 12.9. The molecule has 1 aliphatic heterocycles. The third kappa shape index (κ3) is 5.47. The summed E-state index contributed by atoms with van der Waals surface area (Å²) in [5.41, 5.74) is 0. The SMILES string of the molecule is CN(CCOc1ccccc1)C(=O)C1CCC(=O)N(C2CCCCCC2)C1. The molecule has 5 heteroatoms. The second-order valence-corrected chi connectivity index (χ2v) is 7.85. The zero-order chi connectivity index (χ0) is 19.1. The average molecular weight is 373 g/mol. The van der Waals surface area contributed by atoms with Gasteiger partial charge in [0.25, 0.3) is 0 Å². The number of hydrogen-bond donors (Lipinski definition) is 0. The monoisotopic (exact) mass is 372 g/mol. The summed E-state index contributed by atoms with van der Waals surface area (Å²) in [4.78, 5) is 29.1. The van der Waals surface area contributed by atoms with Crippen molar-refractivity contribution in [2.45, 2.75) is 57.4 Å². The van der Waals surface area contributed by atoms with E-state index in [9.17, 15) is 9.59 Å². The first kappa shape index (κ1) is 19.7. The van der Waals surface area contributed by atoms with Crippen LogP contribution in [0.1, 0.15) is 51.4 Å². The first-order chi connectivity index (χ1) is 13.1. The normalized spacial score (nSPS) is 21.6. The summed E-state index contributed by atoms with van der Waals surface area (Å²) in [5, 5.41) is 0. The summed E-state index contributed by atoms with van der Waals surface area (Å²) in [6.07, 6.45) is 8.29. The highest BCUT2D eigenvalue weighted by Crippen LogP contribution is 2.28. The fourth-order valence-corrected chi connectivity index (χ4v) is 4.23. The molecule has 1 saturated carbocycles. The van der Waals surface area contributed by atoms with E-state index in [0.717, 1.165) is 18.6 Å². The number of hydrogen-bond acceptors (Lipinski definition) is 3. The van der Waals surface area contributed by atoms with Crippen molar-refractivity contribution in [3.63, 3.8) is 0 Å². The number of benzene rings is 1.